The third kappa shape index (κ3) is 3.40. The summed E-state index contributed by atoms with van der Waals surface area (Å²) in [6, 6.07) is 1.54. The molecular formula is C13H13Cl2N3O4S. The van der Waals surface area contributed by atoms with Crippen LogP contribution in [0.5, 0.6) is 11.8 Å². The smallest absolute Gasteiger partial charge is 0.278 e. The van der Waals surface area contributed by atoms with Gasteiger partial charge in [0.2, 0.25) is 5.91 Å². The standard InChI is InChI=1S/C13H13Cl2N3O4S/c1-6(19)18(23-22-4)11-9(15)7(14)5-8-10(11)17-13(21-3)12(16-8)20-2/h5H,1-4H3. The van der Waals surface area contributed by atoms with Gasteiger partial charge in [0.1, 0.15) is 23.4 Å². The highest BCUT2D eigenvalue weighted by atomic mass is 35.5. The number of fused-ring (bicyclic) bond motifs is 1. The van der Waals surface area contributed by atoms with Crippen molar-refractivity contribution in [3.8, 4) is 11.8 Å². The number of hydrogen-bond donors (Lipinski definition) is 0. The molecule has 0 aliphatic heterocycles. The van der Waals surface area contributed by atoms with Crippen LogP contribution in [-0.4, -0.2) is 37.2 Å². The number of carbonyl (C=O) groups excluding carboxylic acids is 1. The maximum absolute atomic E-state index is 11.9. The molecule has 1 aromatic heterocycles. The molecule has 2 aromatic rings. The summed E-state index contributed by atoms with van der Waals surface area (Å²) in [4.78, 5) is 20.6. The quantitative estimate of drug-likeness (QED) is 0.582. The Morgan fingerprint density at radius 3 is 2.30 bits per heavy atom. The van der Waals surface area contributed by atoms with Crippen molar-refractivity contribution in [1.82, 2.24) is 9.97 Å². The lowest BCUT2D eigenvalue weighted by Crippen LogP contribution is -2.21. The molecule has 7 nitrogen and oxygen atoms in total. The van der Waals surface area contributed by atoms with E-state index in [4.69, 9.17) is 36.9 Å². The van der Waals surface area contributed by atoms with E-state index in [0.717, 1.165) is 12.2 Å². The van der Waals surface area contributed by atoms with Gasteiger partial charge in [-0.25, -0.2) is 14.3 Å². The van der Waals surface area contributed by atoms with Crippen molar-refractivity contribution in [1.29, 1.82) is 0 Å². The van der Waals surface area contributed by atoms with Gasteiger partial charge in [-0.2, -0.15) is 0 Å². The molecule has 0 fully saturated rings. The van der Waals surface area contributed by atoms with E-state index in [0.29, 0.717) is 11.0 Å². The Morgan fingerprint density at radius 2 is 1.78 bits per heavy atom. The van der Waals surface area contributed by atoms with Crippen LogP contribution in [0.1, 0.15) is 6.92 Å². The molecule has 0 saturated heterocycles. The Balaban J connectivity index is 2.84. The lowest BCUT2D eigenvalue weighted by Gasteiger charge is -2.21. The number of methoxy groups -OCH3 is 2. The normalized spacial score (nSPS) is 10.7. The molecule has 0 aliphatic carbocycles. The van der Waals surface area contributed by atoms with Gasteiger partial charge in [-0.15, -0.1) is 0 Å². The van der Waals surface area contributed by atoms with Gasteiger partial charge in [0.05, 0.1) is 36.9 Å². The van der Waals surface area contributed by atoms with E-state index >= 15 is 0 Å². The maximum Gasteiger partial charge on any atom is 0.278 e. The van der Waals surface area contributed by atoms with Gasteiger partial charge in [0, 0.05) is 6.92 Å². The molecule has 0 aliphatic rings. The van der Waals surface area contributed by atoms with E-state index in [1.807, 2.05) is 0 Å². The minimum Gasteiger partial charge on any atom is -0.477 e. The number of hydrogen-bond acceptors (Lipinski definition) is 7. The number of rotatable bonds is 5. The second kappa shape index (κ2) is 7.39. The molecule has 2 rings (SSSR count). The lowest BCUT2D eigenvalue weighted by molar-refractivity contribution is -0.115. The van der Waals surface area contributed by atoms with Crippen molar-refractivity contribution in [3.05, 3.63) is 16.1 Å². The summed E-state index contributed by atoms with van der Waals surface area (Å²) in [5.41, 5.74) is 0.994. The SMILES string of the molecule is COSN(C(C)=O)c1c(Cl)c(Cl)cc2nc(OC)c(OC)nc12. The molecule has 0 saturated carbocycles. The van der Waals surface area contributed by atoms with Crippen LogP contribution < -0.4 is 13.8 Å². The largest absolute Gasteiger partial charge is 0.477 e. The highest BCUT2D eigenvalue weighted by Crippen LogP contribution is 2.42. The van der Waals surface area contributed by atoms with Crippen molar-refractivity contribution >= 4 is 58.1 Å². The zero-order valence-corrected chi connectivity index (χ0v) is 15.0. The van der Waals surface area contributed by atoms with Crippen molar-refractivity contribution in [2.75, 3.05) is 25.6 Å². The number of amides is 1. The lowest BCUT2D eigenvalue weighted by atomic mass is 10.2. The fraction of sp³-hybridized carbons (Fsp3) is 0.308. The number of ether oxygens (including phenoxy) is 2. The van der Waals surface area contributed by atoms with Gasteiger partial charge in [0.15, 0.2) is 0 Å². The number of anilines is 1. The van der Waals surface area contributed by atoms with Crippen LogP contribution in [0.2, 0.25) is 10.0 Å². The van der Waals surface area contributed by atoms with Crippen LogP contribution in [0.25, 0.3) is 11.0 Å². The summed E-state index contributed by atoms with van der Waals surface area (Å²) < 4.78 is 16.5. The first-order valence-corrected chi connectivity index (χ1v) is 7.69. The number of nitrogens with zero attached hydrogens (tertiary/aromatic N) is 3. The first-order chi connectivity index (χ1) is 10.9. The van der Waals surface area contributed by atoms with Gasteiger partial charge in [-0.1, -0.05) is 23.2 Å². The summed E-state index contributed by atoms with van der Waals surface area (Å²) >= 11 is 13.2. The summed E-state index contributed by atoms with van der Waals surface area (Å²) in [5, 5.41) is 0.374. The average molecular weight is 378 g/mol. The first kappa shape index (κ1) is 17.9. The molecule has 1 aromatic carbocycles. The molecule has 0 atom stereocenters. The van der Waals surface area contributed by atoms with Crippen molar-refractivity contribution in [2.45, 2.75) is 6.92 Å². The van der Waals surface area contributed by atoms with Gasteiger partial charge in [0.25, 0.3) is 11.8 Å². The number of halogens is 2. The Kier molecular flexibility index (Phi) is 5.74. The number of aromatic nitrogens is 2. The van der Waals surface area contributed by atoms with Crippen molar-refractivity contribution in [2.24, 2.45) is 0 Å². The van der Waals surface area contributed by atoms with E-state index in [1.165, 1.54) is 38.6 Å². The van der Waals surface area contributed by atoms with E-state index in [9.17, 15) is 4.79 Å². The van der Waals surface area contributed by atoms with Gasteiger partial charge in [-0.3, -0.25) is 8.98 Å². The highest BCUT2D eigenvalue weighted by molar-refractivity contribution is 7.96. The van der Waals surface area contributed by atoms with Gasteiger partial charge < -0.3 is 9.47 Å². The van der Waals surface area contributed by atoms with E-state index in [-0.39, 0.29) is 33.4 Å². The van der Waals surface area contributed by atoms with Crippen molar-refractivity contribution in [3.63, 3.8) is 0 Å². The van der Waals surface area contributed by atoms with E-state index < -0.39 is 0 Å². The molecular weight excluding hydrogens is 365 g/mol. The summed E-state index contributed by atoms with van der Waals surface area (Å²) in [6.07, 6.45) is 0. The molecule has 1 heterocycles. The van der Waals surface area contributed by atoms with Crippen molar-refractivity contribution < 1.29 is 18.5 Å². The Hall–Kier alpha value is -1.48. The van der Waals surface area contributed by atoms with Gasteiger partial charge in [-0.05, 0) is 6.07 Å². The summed E-state index contributed by atoms with van der Waals surface area (Å²) in [5.74, 6) is 0.0302. The van der Waals surface area contributed by atoms with E-state index in [1.54, 1.807) is 0 Å². The zero-order chi connectivity index (χ0) is 17.1. The first-order valence-electron chi connectivity index (χ1n) is 6.23. The van der Waals surface area contributed by atoms with Crippen LogP contribution in [0.4, 0.5) is 5.69 Å². The third-order valence-electron chi connectivity index (χ3n) is 2.79. The minimum absolute atomic E-state index is 0.153. The Morgan fingerprint density at radius 1 is 1.17 bits per heavy atom. The fourth-order valence-corrected chi connectivity index (χ4v) is 2.84. The van der Waals surface area contributed by atoms with Crippen LogP contribution in [-0.2, 0) is 8.98 Å². The van der Waals surface area contributed by atoms with Gasteiger partial charge >= 0.3 is 0 Å². The molecule has 0 radical (unpaired) electrons. The van der Waals surface area contributed by atoms with Crippen LogP contribution in [0.15, 0.2) is 6.07 Å². The predicted molar refractivity (Wildman–Crippen MR) is 90.4 cm³/mol. The Labute approximate surface area is 147 Å². The summed E-state index contributed by atoms with van der Waals surface area (Å²) in [6.45, 7) is 1.36. The molecule has 0 unspecified atom stereocenters. The van der Waals surface area contributed by atoms with E-state index in [2.05, 4.69) is 9.97 Å². The number of benzene rings is 1. The molecule has 1 amide bonds. The topological polar surface area (TPSA) is 73.8 Å². The molecule has 0 bridgehead atoms. The number of carbonyl (C=O) groups is 1. The highest BCUT2D eigenvalue weighted by Gasteiger charge is 2.25. The maximum atomic E-state index is 11.9. The van der Waals surface area contributed by atoms with Crippen LogP contribution in [0.3, 0.4) is 0 Å². The van der Waals surface area contributed by atoms with Crippen LogP contribution >= 0.6 is 35.4 Å². The molecule has 10 heteroatoms. The average Bonchev–Trinajstić information content (AvgIpc) is 2.53. The second-order valence-corrected chi connectivity index (χ2v) is 5.82. The second-order valence-electron chi connectivity index (χ2n) is 4.19. The molecule has 23 heavy (non-hydrogen) atoms. The summed E-state index contributed by atoms with van der Waals surface area (Å²) in [7, 11) is 4.30. The molecule has 0 N–H and O–H groups in total. The zero-order valence-electron chi connectivity index (χ0n) is 12.7. The van der Waals surface area contributed by atoms with Crippen LogP contribution in [0, 0.1) is 0 Å². The predicted octanol–water partition coefficient (Wildman–Crippen LogP) is 3.52. The minimum atomic E-state index is -0.320. The molecule has 124 valence electrons. The Bertz CT molecular complexity index is 760. The monoisotopic (exact) mass is 377 g/mol. The molecule has 0 spiro atoms. The third-order valence-corrected chi connectivity index (χ3v) is 4.31. The fourth-order valence-electron chi connectivity index (χ4n) is 1.87.